The Morgan fingerprint density at radius 1 is 1.88 bits per heavy atom. The van der Waals surface area contributed by atoms with E-state index in [0.29, 0.717) is 10.7 Å². The van der Waals surface area contributed by atoms with Crippen LogP contribution in [0.25, 0.3) is 0 Å². The van der Waals surface area contributed by atoms with Crippen LogP contribution >= 0.6 is 24.0 Å². The van der Waals surface area contributed by atoms with E-state index in [4.69, 9.17) is 0 Å². The lowest BCUT2D eigenvalue weighted by Crippen LogP contribution is -2.14. The van der Waals surface area contributed by atoms with Crippen molar-refractivity contribution in [1.82, 2.24) is 5.32 Å². The maximum absolute atomic E-state index is 9.64. The number of hydrogen-bond acceptors (Lipinski definition) is 3. The molecule has 0 saturated carbocycles. The van der Waals surface area contributed by atoms with Gasteiger partial charge in [0.25, 0.3) is 0 Å². The molecule has 44 valence electrons. The molecule has 0 aliphatic carbocycles. The summed E-state index contributed by atoms with van der Waals surface area (Å²) in [6, 6.07) is 0. The van der Waals surface area contributed by atoms with Gasteiger partial charge in [-0.3, -0.25) is 4.79 Å². The van der Waals surface area contributed by atoms with Crippen LogP contribution in [0.3, 0.4) is 0 Å². The zero-order valence-electron chi connectivity index (χ0n) is 4.09. The van der Waals surface area contributed by atoms with Gasteiger partial charge in [0.05, 0.1) is 0 Å². The van der Waals surface area contributed by atoms with Gasteiger partial charge in [-0.1, -0.05) is 30.6 Å². The predicted molar refractivity (Wildman–Crippen MR) is 39.6 cm³/mol. The summed E-state index contributed by atoms with van der Waals surface area (Å²) in [7, 11) is 0. The van der Waals surface area contributed by atoms with E-state index in [1.54, 1.807) is 5.41 Å². The van der Waals surface area contributed by atoms with Crippen molar-refractivity contribution < 1.29 is 4.79 Å². The molecule has 0 aromatic heterocycles. The number of nitrogens with one attached hydrogen (secondary N) is 1. The molecule has 0 atom stereocenters. The molecule has 0 aliphatic heterocycles. The fraction of sp³-hybridized carbons (Fsp3) is 0. The highest BCUT2D eigenvalue weighted by atomic mass is 32.2. The molecule has 4 heteroatoms. The Labute approximate surface area is 57.3 Å². The van der Waals surface area contributed by atoms with Crippen molar-refractivity contribution in [3.05, 3.63) is 12.0 Å². The number of hydrogen-bond donors (Lipinski definition) is 1. The van der Waals surface area contributed by atoms with Crippen molar-refractivity contribution in [2.75, 3.05) is 0 Å². The van der Waals surface area contributed by atoms with Crippen molar-refractivity contribution in [2.24, 2.45) is 0 Å². The standard InChI is InChI=1S/C4H5NOS2/c1-2-8-4(7)5-3-6/h2-3H,1H2,(H,5,6,7). The molecule has 1 N–H and O–H groups in total. The van der Waals surface area contributed by atoms with Crippen LogP contribution in [0, 0.1) is 0 Å². The number of rotatable bonds is 2. The Morgan fingerprint density at radius 3 is 2.88 bits per heavy atom. The molecule has 0 aromatic rings. The zero-order chi connectivity index (χ0) is 6.41. The molecule has 0 fully saturated rings. The van der Waals surface area contributed by atoms with Gasteiger partial charge in [0.15, 0.2) is 0 Å². The molecule has 8 heavy (non-hydrogen) atoms. The summed E-state index contributed by atoms with van der Waals surface area (Å²) in [5.74, 6) is 0. The summed E-state index contributed by atoms with van der Waals surface area (Å²) in [5.41, 5.74) is 0. The smallest absolute Gasteiger partial charge is 0.212 e. The van der Waals surface area contributed by atoms with Gasteiger partial charge < -0.3 is 5.32 Å². The van der Waals surface area contributed by atoms with Gasteiger partial charge in [0.2, 0.25) is 6.41 Å². The van der Waals surface area contributed by atoms with Gasteiger partial charge in [0.1, 0.15) is 4.32 Å². The molecule has 0 aliphatic rings. The molecule has 0 bridgehead atoms. The van der Waals surface area contributed by atoms with Crippen LogP contribution in [-0.2, 0) is 4.79 Å². The van der Waals surface area contributed by atoms with Crippen LogP contribution in [0.2, 0.25) is 0 Å². The lowest BCUT2D eigenvalue weighted by Gasteiger charge is -1.91. The number of carbonyl (C=O) groups excluding carboxylic acids is 1. The minimum absolute atomic E-state index is 0.426. The molecule has 0 heterocycles. The number of amides is 1. The van der Waals surface area contributed by atoms with Crippen LogP contribution < -0.4 is 5.32 Å². The summed E-state index contributed by atoms with van der Waals surface area (Å²) in [6.45, 7) is 3.40. The lowest BCUT2D eigenvalue weighted by atomic mass is 11.2. The maximum Gasteiger partial charge on any atom is 0.212 e. The first kappa shape index (κ1) is 7.65. The largest absolute Gasteiger partial charge is 0.314 e. The van der Waals surface area contributed by atoms with Gasteiger partial charge in [-0.05, 0) is 5.41 Å². The Morgan fingerprint density at radius 2 is 2.50 bits per heavy atom. The molecule has 0 radical (unpaired) electrons. The van der Waals surface area contributed by atoms with Gasteiger partial charge in [-0.2, -0.15) is 0 Å². The van der Waals surface area contributed by atoms with Gasteiger partial charge in [0, 0.05) is 0 Å². The minimum atomic E-state index is 0.426. The van der Waals surface area contributed by atoms with E-state index >= 15 is 0 Å². The average Bonchev–Trinajstić information content (AvgIpc) is 1.68. The molecule has 0 aromatic carbocycles. The second kappa shape index (κ2) is 4.80. The third-order valence-corrected chi connectivity index (χ3v) is 1.27. The second-order valence-electron chi connectivity index (χ2n) is 0.834. The van der Waals surface area contributed by atoms with E-state index in [1.165, 1.54) is 11.8 Å². The first-order chi connectivity index (χ1) is 3.81. The van der Waals surface area contributed by atoms with Gasteiger partial charge in [-0.15, -0.1) is 0 Å². The van der Waals surface area contributed by atoms with Gasteiger partial charge >= 0.3 is 0 Å². The summed E-state index contributed by atoms with van der Waals surface area (Å²) >= 11 is 5.81. The fourth-order valence-corrected chi connectivity index (χ4v) is 0.678. The SMILES string of the molecule is C=CSC(=S)NC=O. The van der Waals surface area contributed by atoms with Crippen molar-refractivity contribution >= 4 is 34.7 Å². The fourth-order valence-electron chi connectivity index (χ4n) is 0.158. The summed E-state index contributed by atoms with van der Waals surface area (Å²) < 4.78 is 0.426. The minimum Gasteiger partial charge on any atom is -0.314 e. The molecular formula is C4H5NOS2. The number of thioether (sulfide) groups is 1. The van der Waals surface area contributed by atoms with E-state index in [2.05, 4.69) is 24.1 Å². The Bertz CT molecular complexity index is 101. The molecule has 1 amide bonds. The first-order valence-electron chi connectivity index (χ1n) is 1.83. The molecule has 0 unspecified atom stereocenters. The van der Waals surface area contributed by atoms with E-state index in [1.807, 2.05) is 0 Å². The average molecular weight is 147 g/mol. The highest BCUT2D eigenvalue weighted by molar-refractivity contribution is 8.24. The third-order valence-electron chi connectivity index (χ3n) is 0.367. The van der Waals surface area contributed by atoms with E-state index in [9.17, 15) is 4.79 Å². The van der Waals surface area contributed by atoms with E-state index < -0.39 is 0 Å². The third kappa shape index (κ3) is 3.83. The zero-order valence-corrected chi connectivity index (χ0v) is 5.72. The van der Waals surface area contributed by atoms with Crippen LogP contribution in [-0.4, -0.2) is 10.7 Å². The second-order valence-corrected chi connectivity index (χ2v) is 2.48. The topological polar surface area (TPSA) is 29.1 Å². The summed E-state index contributed by atoms with van der Waals surface area (Å²) in [5, 5.41) is 3.84. The van der Waals surface area contributed by atoms with Crippen LogP contribution in [0.5, 0.6) is 0 Å². The molecule has 0 rings (SSSR count). The van der Waals surface area contributed by atoms with Crippen molar-refractivity contribution in [1.29, 1.82) is 0 Å². The van der Waals surface area contributed by atoms with Crippen molar-refractivity contribution in [3.63, 3.8) is 0 Å². The summed E-state index contributed by atoms with van der Waals surface area (Å²) in [6.07, 6.45) is 0.541. The highest BCUT2D eigenvalue weighted by Crippen LogP contribution is 1.99. The van der Waals surface area contributed by atoms with Crippen molar-refractivity contribution in [3.8, 4) is 0 Å². The lowest BCUT2D eigenvalue weighted by molar-refractivity contribution is -0.108. The predicted octanol–water partition coefficient (Wildman–Crippen LogP) is 0.894. The molecular weight excluding hydrogens is 142 g/mol. The maximum atomic E-state index is 9.64. The number of carbonyl (C=O) groups is 1. The number of thiocarbonyl (C=S) groups is 1. The van der Waals surface area contributed by atoms with Crippen LogP contribution in [0.15, 0.2) is 12.0 Å². The molecule has 0 spiro atoms. The van der Waals surface area contributed by atoms with Crippen LogP contribution in [0.1, 0.15) is 0 Å². The Balaban J connectivity index is 3.32. The monoisotopic (exact) mass is 147 g/mol. The highest BCUT2D eigenvalue weighted by Gasteiger charge is 1.86. The van der Waals surface area contributed by atoms with E-state index in [-0.39, 0.29) is 0 Å². The van der Waals surface area contributed by atoms with E-state index in [0.717, 1.165) is 0 Å². The Kier molecular flexibility index (Phi) is 4.59. The first-order valence-corrected chi connectivity index (χ1v) is 3.11. The van der Waals surface area contributed by atoms with Gasteiger partial charge in [-0.25, -0.2) is 0 Å². The van der Waals surface area contributed by atoms with Crippen molar-refractivity contribution in [2.45, 2.75) is 0 Å². The Hall–Kier alpha value is -0.350. The molecule has 2 nitrogen and oxygen atoms in total. The quantitative estimate of drug-likeness (QED) is 0.464. The summed E-state index contributed by atoms with van der Waals surface area (Å²) in [4.78, 5) is 9.64. The molecule has 0 saturated heterocycles. The van der Waals surface area contributed by atoms with Crippen LogP contribution in [0.4, 0.5) is 0 Å². The normalized spacial score (nSPS) is 7.50.